The van der Waals surface area contributed by atoms with E-state index in [1.54, 1.807) is 7.31 Å². The van der Waals surface area contributed by atoms with Crippen molar-refractivity contribution in [3.8, 4) is 0 Å². The van der Waals surface area contributed by atoms with E-state index in [4.69, 9.17) is 0 Å². The predicted molar refractivity (Wildman–Crippen MR) is 34.5 cm³/mol. The van der Waals surface area contributed by atoms with E-state index in [0.29, 0.717) is 0 Å². The van der Waals surface area contributed by atoms with Gasteiger partial charge in [-0.3, -0.25) is 0 Å². The molecule has 37 valence electrons. The van der Waals surface area contributed by atoms with Gasteiger partial charge >= 0.3 is 54.5 Å². The molecule has 0 nitrogen and oxygen atoms in total. The van der Waals surface area contributed by atoms with Crippen molar-refractivity contribution in [3.05, 3.63) is 16.0 Å². The SMILES string of the molecule is C[C]1C=C[C](C)=[Sb]1. The molecule has 1 aliphatic heterocycles. The maximum atomic E-state index is 2.24. The van der Waals surface area contributed by atoms with E-state index in [1.807, 2.05) is 0 Å². The molecule has 0 N–H and O–H groups in total. The summed E-state index contributed by atoms with van der Waals surface area (Å²) in [4.78, 5) is 0. The summed E-state index contributed by atoms with van der Waals surface area (Å²) in [6, 6.07) is 0. The Hall–Kier alpha value is 0.428. The monoisotopic (exact) mass is 201 g/mol. The van der Waals surface area contributed by atoms with Gasteiger partial charge in [-0.1, -0.05) is 0 Å². The molecule has 0 amide bonds. The van der Waals surface area contributed by atoms with Crippen LogP contribution in [0.3, 0.4) is 0 Å². The number of allylic oxidation sites excluding steroid dienone is 2. The quantitative estimate of drug-likeness (QED) is 0.514. The van der Waals surface area contributed by atoms with Crippen LogP contribution in [-0.2, 0) is 0 Å². The normalized spacial score (nSPS) is 20.6. The standard InChI is InChI=1S/C6H8.Sb/c1-3-5-6-4-2;/h5-6H,1-2H3;. The van der Waals surface area contributed by atoms with E-state index >= 15 is 0 Å². The Morgan fingerprint density at radius 1 is 1.29 bits per heavy atom. The molecule has 0 aromatic carbocycles. The van der Waals surface area contributed by atoms with Crippen molar-refractivity contribution in [2.45, 2.75) is 13.8 Å². The van der Waals surface area contributed by atoms with Crippen LogP contribution < -0.4 is 0 Å². The molecule has 0 aromatic heterocycles. The van der Waals surface area contributed by atoms with E-state index < -0.39 is 0 Å². The Balaban J connectivity index is 2.69. The second-order valence-corrected chi connectivity index (χ2v) is 6.39. The zero-order valence-electron chi connectivity index (χ0n) is 4.60. The first-order valence-corrected chi connectivity index (χ1v) is 4.91. The molecule has 7 heavy (non-hydrogen) atoms. The van der Waals surface area contributed by atoms with Gasteiger partial charge in [0.2, 0.25) is 0 Å². The van der Waals surface area contributed by atoms with Crippen LogP contribution in [0.4, 0.5) is 0 Å². The van der Waals surface area contributed by atoms with Crippen LogP contribution in [0.1, 0.15) is 13.8 Å². The molecule has 0 saturated heterocycles. The van der Waals surface area contributed by atoms with Gasteiger partial charge in [-0.05, 0) is 0 Å². The van der Waals surface area contributed by atoms with E-state index in [0.717, 1.165) is 0 Å². The molecular formula is C6H8Sb. The third kappa shape index (κ3) is 1.42. The Bertz CT molecular complexity index is 122. The first kappa shape index (κ1) is 5.56. The minimum absolute atomic E-state index is 0.0278. The van der Waals surface area contributed by atoms with Crippen molar-refractivity contribution in [3.63, 3.8) is 0 Å². The summed E-state index contributed by atoms with van der Waals surface area (Å²) in [6.07, 6.45) is 4.49. The van der Waals surface area contributed by atoms with Crippen LogP contribution in [0.25, 0.3) is 0 Å². The summed E-state index contributed by atoms with van der Waals surface area (Å²) < 4.78 is 3.27. The van der Waals surface area contributed by atoms with Gasteiger partial charge in [0, 0.05) is 0 Å². The Labute approximate surface area is 54.6 Å². The van der Waals surface area contributed by atoms with Crippen LogP contribution in [-0.4, -0.2) is 24.6 Å². The van der Waals surface area contributed by atoms with Crippen molar-refractivity contribution in [2.75, 3.05) is 0 Å². The molecule has 1 heteroatoms. The van der Waals surface area contributed by atoms with Crippen molar-refractivity contribution >= 4 is 24.6 Å². The van der Waals surface area contributed by atoms with E-state index in [9.17, 15) is 0 Å². The molecule has 0 unspecified atom stereocenters. The summed E-state index contributed by atoms with van der Waals surface area (Å²) in [5.74, 6) is 0. The molecule has 0 saturated carbocycles. The van der Waals surface area contributed by atoms with Crippen LogP contribution >= 0.6 is 0 Å². The Morgan fingerprint density at radius 3 is 2.14 bits per heavy atom. The fourth-order valence-electron chi connectivity index (χ4n) is 0.594. The first-order chi connectivity index (χ1) is 3.29. The van der Waals surface area contributed by atoms with Gasteiger partial charge in [-0.25, -0.2) is 0 Å². The topological polar surface area (TPSA) is 0 Å². The fraction of sp³-hybridized carbons (Fsp3) is 0.333. The van der Waals surface area contributed by atoms with E-state index in [-0.39, 0.29) is 21.1 Å². The van der Waals surface area contributed by atoms with Gasteiger partial charge in [0.1, 0.15) is 0 Å². The van der Waals surface area contributed by atoms with Crippen molar-refractivity contribution in [2.24, 2.45) is 0 Å². The third-order valence-corrected chi connectivity index (χ3v) is 3.78. The van der Waals surface area contributed by atoms with Crippen LogP contribution in [0.2, 0.25) is 0 Å². The number of rotatable bonds is 0. The molecule has 0 bridgehead atoms. The molecule has 1 aliphatic rings. The summed E-state index contributed by atoms with van der Waals surface area (Å²) in [7, 11) is 0. The molecule has 0 aliphatic carbocycles. The Morgan fingerprint density at radius 2 is 2.00 bits per heavy atom. The second-order valence-electron chi connectivity index (χ2n) is 1.73. The molecule has 1 radical (unpaired) electrons. The average molecular weight is 202 g/mol. The minimum atomic E-state index is 0.0278. The summed E-state index contributed by atoms with van der Waals surface area (Å²) >= 11 is 0.0278. The fourth-order valence-corrected chi connectivity index (χ4v) is 3.03. The van der Waals surface area contributed by atoms with Crippen LogP contribution in [0.5, 0.6) is 0 Å². The Kier molecular flexibility index (Phi) is 1.69. The van der Waals surface area contributed by atoms with Crippen molar-refractivity contribution in [1.82, 2.24) is 0 Å². The van der Waals surface area contributed by atoms with Crippen molar-refractivity contribution < 1.29 is 0 Å². The number of hydrogen-bond acceptors (Lipinski definition) is 0. The average Bonchev–Trinajstić information content (AvgIpc) is 1.87. The van der Waals surface area contributed by atoms with Gasteiger partial charge < -0.3 is 0 Å². The van der Waals surface area contributed by atoms with Gasteiger partial charge in [-0.15, -0.1) is 0 Å². The zero-order valence-corrected chi connectivity index (χ0v) is 7.15. The summed E-state index contributed by atoms with van der Waals surface area (Å²) in [5.41, 5.74) is 0. The summed E-state index contributed by atoms with van der Waals surface area (Å²) in [5, 5.41) is 0. The van der Waals surface area contributed by atoms with Crippen LogP contribution in [0.15, 0.2) is 12.2 Å². The molecule has 1 heterocycles. The molecule has 0 spiro atoms. The molecular weight excluding hydrogens is 194 g/mol. The number of hydrogen-bond donors (Lipinski definition) is 0. The summed E-state index contributed by atoms with van der Waals surface area (Å²) in [6.45, 7) is 4.45. The van der Waals surface area contributed by atoms with Crippen LogP contribution in [0, 0.1) is 3.86 Å². The van der Waals surface area contributed by atoms with Gasteiger partial charge in [-0.2, -0.15) is 0 Å². The molecule has 0 fully saturated rings. The maximum absolute atomic E-state index is 2.24. The van der Waals surface area contributed by atoms with Gasteiger partial charge in [0.25, 0.3) is 0 Å². The van der Waals surface area contributed by atoms with Crippen molar-refractivity contribution in [1.29, 1.82) is 0 Å². The third-order valence-electron chi connectivity index (χ3n) is 0.918. The first-order valence-electron chi connectivity index (χ1n) is 2.36. The predicted octanol–water partition coefficient (Wildman–Crippen LogP) is 1.00. The zero-order chi connectivity index (χ0) is 5.28. The van der Waals surface area contributed by atoms with E-state index in [2.05, 4.69) is 26.0 Å². The molecule has 0 aromatic rings. The van der Waals surface area contributed by atoms with Gasteiger partial charge in [0.15, 0.2) is 0 Å². The second kappa shape index (κ2) is 2.13. The molecule has 0 atom stereocenters. The van der Waals surface area contributed by atoms with E-state index in [1.165, 1.54) is 0 Å². The van der Waals surface area contributed by atoms with Gasteiger partial charge in [0.05, 0.1) is 0 Å². The molecule has 1 rings (SSSR count).